The number of benzene rings is 1. The van der Waals surface area contributed by atoms with Gasteiger partial charge >= 0.3 is 0 Å². The highest BCUT2D eigenvalue weighted by molar-refractivity contribution is 5.76. The molecule has 0 fully saturated rings. The van der Waals surface area contributed by atoms with Crippen molar-refractivity contribution in [2.45, 2.75) is 13.8 Å². The number of rotatable bonds is 4. The molecule has 1 aromatic carbocycles. The first-order valence-corrected chi connectivity index (χ1v) is 5.16. The van der Waals surface area contributed by atoms with E-state index in [0.717, 1.165) is 16.9 Å². The Morgan fingerprint density at radius 3 is 2.69 bits per heavy atom. The zero-order chi connectivity index (χ0) is 12.1. The minimum absolute atomic E-state index is 0.0302. The van der Waals surface area contributed by atoms with Crippen molar-refractivity contribution in [1.29, 1.82) is 0 Å². The number of hydrazine groups is 1. The van der Waals surface area contributed by atoms with Crippen LogP contribution >= 0.6 is 0 Å². The number of carbonyl (C=O) groups is 1. The van der Waals surface area contributed by atoms with Crippen LogP contribution in [-0.2, 0) is 4.79 Å². The average molecular weight is 222 g/mol. The molecule has 0 aromatic heterocycles. The number of aryl methyl sites for hydroxylation is 2. The first-order chi connectivity index (χ1) is 7.49. The van der Waals surface area contributed by atoms with Crippen LogP contribution < -0.4 is 10.2 Å². The molecule has 0 radical (unpaired) electrons. The fourth-order valence-electron chi connectivity index (χ4n) is 1.29. The van der Waals surface area contributed by atoms with Crippen molar-refractivity contribution in [3.8, 4) is 5.75 Å². The van der Waals surface area contributed by atoms with Crippen LogP contribution in [0.5, 0.6) is 5.75 Å². The molecule has 1 N–H and O–H groups in total. The second-order valence-electron chi connectivity index (χ2n) is 3.99. The summed E-state index contributed by atoms with van der Waals surface area (Å²) in [5, 5.41) is 1.59. The smallest absolute Gasteiger partial charge is 0.272 e. The van der Waals surface area contributed by atoms with Crippen LogP contribution in [0, 0.1) is 13.8 Å². The van der Waals surface area contributed by atoms with Crippen molar-refractivity contribution in [2.75, 3.05) is 20.7 Å². The summed E-state index contributed by atoms with van der Waals surface area (Å²) in [6.07, 6.45) is 0. The molecule has 0 unspecified atom stereocenters. The van der Waals surface area contributed by atoms with Gasteiger partial charge in [-0.25, -0.2) is 5.01 Å². The van der Waals surface area contributed by atoms with Crippen LogP contribution in [0.4, 0.5) is 0 Å². The first kappa shape index (κ1) is 12.5. The van der Waals surface area contributed by atoms with E-state index >= 15 is 0 Å². The molecule has 0 saturated heterocycles. The van der Waals surface area contributed by atoms with Crippen molar-refractivity contribution < 1.29 is 9.53 Å². The lowest BCUT2D eigenvalue weighted by Crippen LogP contribution is -2.39. The molecule has 0 atom stereocenters. The third-order valence-electron chi connectivity index (χ3n) is 2.05. The zero-order valence-corrected chi connectivity index (χ0v) is 10.2. The molecule has 16 heavy (non-hydrogen) atoms. The molecule has 0 aliphatic heterocycles. The summed E-state index contributed by atoms with van der Waals surface area (Å²) >= 11 is 0. The highest BCUT2D eigenvalue weighted by Gasteiger charge is 2.05. The van der Waals surface area contributed by atoms with Gasteiger partial charge in [-0.15, -0.1) is 0 Å². The molecule has 0 saturated carbocycles. The summed E-state index contributed by atoms with van der Waals surface area (Å²) in [4.78, 5) is 11.3. The van der Waals surface area contributed by atoms with Crippen molar-refractivity contribution in [3.63, 3.8) is 0 Å². The summed E-state index contributed by atoms with van der Waals surface area (Å²) in [7, 11) is 3.52. The number of hydrogen-bond acceptors (Lipinski definition) is 3. The molecule has 1 amide bonds. The van der Waals surface area contributed by atoms with E-state index in [1.165, 1.54) is 0 Å². The third kappa shape index (κ3) is 3.90. The number of amides is 1. The van der Waals surface area contributed by atoms with Crippen LogP contribution in [0.1, 0.15) is 11.1 Å². The molecular formula is C12H18N2O2. The number of hydrogen-bond donors (Lipinski definition) is 1. The van der Waals surface area contributed by atoms with Crippen molar-refractivity contribution in [3.05, 3.63) is 29.3 Å². The zero-order valence-electron chi connectivity index (χ0n) is 10.2. The van der Waals surface area contributed by atoms with E-state index in [0.29, 0.717) is 0 Å². The Morgan fingerprint density at radius 2 is 2.06 bits per heavy atom. The van der Waals surface area contributed by atoms with Crippen LogP contribution in [0.3, 0.4) is 0 Å². The van der Waals surface area contributed by atoms with Crippen molar-refractivity contribution in [1.82, 2.24) is 10.4 Å². The Bertz CT molecular complexity index is 375. The lowest BCUT2D eigenvalue weighted by Gasteiger charge is -2.13. The maximum Gasteiger partial charge on any atom is 0.272 e. The molecule has 0 aliphatic carbocycles. The fraction of sp³-hybridized carbons (Fsp3) is 0.417. The minimum atomic E-state index is -0.161. The maximum absolute atomic E-state index is 11.3. The summed E-state index contributed by atoms with van der Waals surface area (Å²) in [6.45, 7) is 3.98. The van der Waals surface area contributed by atoms with Crippen molar-refractivity contribution >= 4 is 5.91 Å². The minimum Gasteiger partial charge on any atom is -0.483 e. The Morgan fingerprint density at radius 1 is 1.38 bits per heavy atom. The number of carbonyl (C=O) groups excluding carboxylic acids is 1. The molecule has 0 aliphatic rings. The maximum atomic E-state index is 11.3. The predicted octanol–water partition coefficient (Wildman–Crippen LogP) is 1.28. The Labute approximate surface area is 96.2 Å². The van der Waals surface area contributed by atoms with Gasteiger partial charge in [-0.1, -0.05) is 12.1 Å². The van der Waals surface area contributed by atoms with Gasteiger partial charge in [-0.05, 0) is 31.0 Å². The van der Waals surface area contributed by atoms with Crippen LogP contribution in [0.25, 0.3) is 0 Å². The normalized spacial score (nSPS) is 10.3. The quantitative estimate of drug-likeness (QED) is 0.780. The first-order valence-electron chi connectivity index (χ1n) is 5.16. The van der Waals surface area contributed by atoms with E-state index in [1.807, 2.05) is 32.0 Å². The van der Waals surface area contributed by atoms with Gasteiger partial charge in [0.05, 0.1) is 0 Å². The van der Waals surface area contributed by atoms with E-state index in [4.69, 9.17) is 4.74 Å². The molecule has 1 aromatic rings. The van der Waals surface area contributed by atoms with E-state index < -0.39 is 0 Å². The summed E-state index contributed by atoms with van der Waals surface area (Å²) in [6, 6.07) is 5.93. The van der Waals surface area contributed by atoms with E-state index in [9.17, 15) is 4.79 Å². The molecule has 4 nitrogen and oxygen atoms in total. The fourth-order valence-corrected chi connectivity index (χ4v) is 1.29. The summed E-state index contributed by atoms with van der Waals surface area (Å²) < 4.78 is 5.44. The number of nitrogens with one attached hydrogen (secondary N) is 1. The number of ether oxygens (including phenoxy) is 1. The molecule has 0 spiro atoms. The standard InChI is InChI=1S/C12H18N2O2/c1-9-5-6-10(2)11(7-9)16-8-12(15)13-14(3)4/h5-7H,8H2,1-4H3,(H,13,15). The largest absolute Gasteiger partial charge is 0.483 e. The van der Waals surface area contributed by atoms with Crippen LogP contribution in [0.2, 0.25) is 0 Å². The van der Waals surface area contributed by atoms with Crippen LogP contribution in [0.15, 0.2) is 18.2 Å². The van der Waals surface area contributed by atoms with Gasteiger partial charge in [0.15, 0.2) is 6.61 Å². The van der Waals surface area contributed by atoms with E-state index in [-0.39, 0.29) is 12.5 Å². The van der Waals surface area contributed by atoms with Crippen LogP contribution in [-0.4, -0.2) is 31.6 Å². The predicted molar refractivity (Wildman–Crippen MR) is 63.2 cm³/mol. The SMILES string of the molecule is Cc1ccc(C)c(OCC(=O)NN(C)C)c1. The van der Waals surface area contributed by atoms with Gasteiger partial charge in [0, 0.05) is 14.1 Å². The number of nitrogens with zero attached hydrogens (tertiary/aromatic N) is 1. The second kappa shape index (κ2) is 5.51. The summed E-state index contributed by atoms with van der Waals surface area (Å²) in [5.41, 5.74) is 4.77. The second-order valence-corrected chi connectivity index (χ2v) is 3.99. The van der Waals surface area contributed by atoms with Crippen molar-refractivity contribution in [2.24, 2.45) is 0 Å². The average Bonchev–Trinajstić information content (AvgIpc) is 2.18. The molecule has 0 heterocycles. The third-order valence-corrected chi connectivity index (χ3v) is 2.05. The van der Waals surface area contributed by atoms with E-state index in [2.05, 4.69) is 5.43 Å². The Hall–Kier alpha value is -1.55. The molecule has 0 bridgehead atoms. The van der Waals surface area contributed by atoms with Gasteiger partial charge in [0.1, 0.15) is 5.75 Å². The van der Waals surface area contributed by atoms with Gasteiger partial charge in [-0.2, -0.15) is 0 Å². The molecule has 1 rings (SSSR count). The summed E-state index contributed by atoms with van der Waals surface area (Å²) in [5.74, 6) is 0.597. The lowest BCUT2D eigenvalue weighted by atomic mass is 10.1. The highest BCUT2D eigenvalue weighted by Crippen LogP contribution is 2.18. The Kier molecular flexibility index (Phi) is 4.31. The van der Waals surface area contributed by atoms with Gasteiger partial charge < -0.3 is 4.74 Å². The lowest BCUT2D eigenvalue weighted by molar-refractivity contribution is -0.126. The molecular weight excluding hydrogens is 204 g/mol. The Balaban J connectivity index is 2.54. The van der Waals surface area contributed by atoms with Gasteiger partial charge in [0.2, 0.25) is 0 Å². The molecule has 88 valence electrons. The highest BCUT2D eigenvalue weighted by atomic mass is 16.5. The van der Waals surface area contributed by atoms with Gasteiger partial charge in [-0.3, -0.25) is 10.2 Å². The van der Waals surface area contributed by atoms with E-state index in [1.54, 1.807) is 19.1 Å². The molecule has 4 heteroatoms. The van der Waals surface area contributed by atoms with Gasteiger partial charge in [0.25, 0.3) is 5.91 Å². The topological polar surface area (TPSA) is 41.6 Å². The monoisotopic (exact) mass is 222 g/mol.